The van der Waals surface area contributed by atoms with E-state index >= 15 is 0 Å². The van der Waals surface area contributed by atoms with Crippen LogP contribution in [0, 0.1) is 18.3 Å². The van der Waals surface area contributed by atoms with Gasteiger partial charge in [-0.15, -0.1) is 12.3 Å². The molecule has 1 saturated carbocycles. The van der Waals surface area contributed by atoms with E-state index in [0.29, 0.717) is 24.5 Å². The number of terminal acetylenes is 1. The van der Waals surface area contributed by atoms with Gasteiger partial charge in [-0.2, -0.15) is 0 Å². The van der Waals surface area contributed by atoms with E-state index in [9.17, 15) is 4.79 Å². The van der Waals surface area contributed by atoms with E-state index in [1.165, 1.54) is 0 Å². The van der Waals surface area contributed by atoms with Crippen molar-refractivity contribution in [3.8, 4) is 12.3 Å². The van der Waals surface area contributed by atoms with Gasteiger partial charge in [0.1, 0.15) is 5.78 Å². The molecule has 0 unspecified atom stereocenters. The molecule has 48 valence electrons. The molecular formula is C8H10O. The fraction of sp³-hybridized carbons (Fsp3) is 0.625. The number of carbonyl (C=O) groups excluding carboxylic acids is 1. The highest BCUT2D eigenvalue weighted by atomic mass is 16.1. The van der Waals surface area contributed by atoms with Crippen molar-refractivity contribution in [2.24, 2.45) is 5.92 Å². The quantitative estimate of drug-likeness (QED) is 0.443. The first-order valence-electron chi connectivity index (χ1n) is 3.31. The number of ketones is 1. The fourth-order valence-electron chi connectivity index (χ4n) is 1.11. The number of hydrogen-bond acceptors (Lipinski definition) is 1. The van der Waals surface area contributed by atoms with E-state index in [2.05, 4.69) is 5.92 Å². The fourth-order valence-corrected chi connectivity index (χ4v) is 1.11. The number of Topliss-reactive ketones (excluding diaryl/α,β-unsaturated/α-hetero) is 1. The van der Waals surface area contributed by atoms with Gasteiger partial charge >= 0.3 is 0 Å². The van der Waals surface area contributed by atoms with Crippen LogP contribution in [-0.2, 0) is 4.79 Å². The maximum Gasteiger partial charge on any atom is 0.133 e. The summed E-state index contributed by atoms with van der Waals surface area (Å²) in [6, 6.07) is 0. The summed E-state index contributed by atoms with van der Waals surface area (Å²) in [4.78, 5) is 10.7. The number of hydrogen-bond donors (Lipinski definition) is 0. The molecule has 0 amide bonds. The SMILES string of the molecule is C#CC1CCC(=O)CC1. The summed E-state index contributed by atoms with van der Waals surface area (Å²) in [6.45, 7) is 0. The van der Waals surface area contributed by atoms with Crippen LogP contribution >= 0.6 is 0 Å². The molecule has 1 rings (SSSR count). The molecule has 0 bridgehead atoms. The average Bonchev–Trinajstić information content (AvgIpc) is 1.90. The Morgan fingerprint density at radius 2 is 2.00 bits per heavy atom. The van der Waals surface area contributed by atoms with E-state index < -0.39 is 0 Å². The summed E-state index contributed by atoms with van der Waals surface area (Å²) in [5.41, 5.74) is 0. The zero-order valence-corrected chi connectivity index (χ0v) is 5.39. The van der Waals surface area contributed by atoms with Gasteiger partial charge in [-0.25, -0.2) is 0 Å². The second-order valence-electron chi connectivity index (χ2n) is 2.48. The smallest absolute Gasteiger partial charge is 0.133 e. The minimum absolute atomic E-state index is 0.376. The van der Waals surface area contributed by atoms with Gasteiger partial charge in [0.2, 0.25) is 0 Å². The average molecular weight is 122 g/mol. The van der Waals surface area contributed by atoms with Crippen LogP contribution in [-0.4, -0.2) is 5.78 Å². The predicted molar refractivity (Wildman–Crippen MR) is 35.8 cm³/mol. The molecule has 0 aromatic rings. The van der Waals surface area contributed by atoms with Crippen molar-refractivity contribution in [2.45, 2.75) is 25.7 Å². The van der Waals surface area contributed by atoms with Gasteiger partial charge in [0.25, 0.3) is 0 Å². The summed E-state index contributed by atoms with van der Waals surface area (Å²) >= 11 is 0. The first-order valence-corrected chi connectivity index (χ1v) is 3.31. The Hall–Kier alpha value is -0.770. The predicted octanol–water partition coefficient (Wildman–Crippen LogP) is 1.38. The van der Waals surface area contributed by atoms with Crippen LogP contribution in [0.1, 0.15) is 25.7 Å². The van der Waals surface area contributed by atoms with Crippen LogP contribution in [0.2, 0.25) is 0 Å². The largest absolute Gasteiger partial charge is 0.300 e. The zero-order chi connectivity index (χ0) is 6.69. The maximum absolute atomic E-state index is 10.7. The lowest BCUT2D eigenvalue weighted by Gasteiger charge is -2.14. The molecule has 1 heteroatoms. The summed E-state index contributed by atoms with van der Waals surface area (Å²) in [7, 11) is 0. The Bertz CT molecular complexity index is 142. The van der Waals surface area contributed by atoms with Crippen LogP contribution in [0.5, 0.6) is 0 Å². The van der Waals surface area contributed by atoms with Crippen LogP contribution in [0.4, 0.5) is 0 Å². The Balaban J connectivity index is 2.37. The molecule has 0 heterocycles. The van der Waals surface area contributed by atoms with E-state index in [4.69, 9.17) is 6.42 Å². The van der Waals surface area contributed by atoms with Crippen molar-refractivity contribution in [3.05, 3.63) is 0 Å². The molecule has 0 aromatic carbocycles. The molecule has 0 radical (unpaired) electrons. The topological polar surface area (TPSA) is 17.1 Å². The number of rotatable bonds is 0. The van der Waals surface area contributed by atoms with Crippen LogP contribution < -0.4 is 0 Å². The minimum atomic E-state index is 0.376. The summed E-state index contributed by atoms with van der Waals surface area (Å²) in [5, 5.41) is 0. The molecule has 9 heavy (non-hydrogen) atoms. The maximum atomic E-state index is 10.7. The second kappa shape index (κ2) is 2.68. The highest BCUT2D eigenvalue weighted by Crippen LogP contribution is 2.19. The molecule has 0 aliphatic heterocycles. The summed E-state index contributed by atoms with van der Waals surface area (Å²) in [5.74, 6) is 3.43. The lowest BCUT2D eigenvalue weighted by Crippen LogP contribution is -2.11. The van der Waals surface area contributed by atoms with Crippen molar-refractivity contribution in [1.29, 1.82) is 0 Å². The van der Waals surface area contributed by atoms with Gasteiger partial charge in [0.15, 0.2) is 0 Å². The van der Waals surface area contributed by atoms with E-state index in [-0.39, 0.29) is 0 Å². The Morgan fingerprint density at radius 3 is 2.44 bits per heavy atom. The standard InChI is InChI=1S/C8H10O/c1-2-7-3-5-8(9)6-4-7/h1,7H,3-6H2. The summed E-state index contributed by atoms with van der Waals surface area (Å²) in [6.07, 6.45) is 8.42. The van der Waals surface area contributed by atoms with Gasteiger partial charge in [0.05, 0.1) is 0 Å². The molecule has 1 nitrogen and oxygen atoms in total. The van der Waals surface area contributed by atoms with Crippen LogP contribution in [0.3, 0.4) is 0 Å². The zero-order valence-electron chi connectivity index (χ0n) is 5.39. The van der Waals surface area contributed by atoms with Gasteiger partial charge in [-0.1, -0.05) is 0 Å². The van der Waals surface area contributed by atoms with E-state index in [1.807, 2.05) is 0 Å². The highest BCUT2D eigenvalue weighted by Gasteiger charge is 2.15. The third-order valence-electron chi connectivity index (χ3n) is 1.78. The Kier molecular flexibility index (Phi) is 1.89. The summed E-state index contributed by atoms with van der Waals surface area (Å²) < 4.78 is 0. The molecule has 0 atom stereocenters. The van der Waals surface area contributed by atoms with Gasteiger partial charge in [0, 0.05) is 18.8 Å². The Morgan fingerprint density at radius 1 is 1.44 bits per heavy atom. The van der Waals surface area contributed by atoms with Crippen molar-refractivity contribution in [2.75, 3.05) is 0 Å². The van der Waals surface area contributed by atoms with E-state index in [0.717, 1.165) is 12.8 Å². The normalized spacial score (nSPS) is 21.4. The number of carbonyl (C=O) groups is 1. The molecule has 1 aliphatic carbocycles. The minimum Gasteiger partial charge on any atom is -0.300 e. The van der Waals surface area contributed by atoms with Gasteiger partial charge in [-0.05, 0) is 12.8 Å². The van der Waals surface area contributed by atoms with Crippen molar-refractivity contribution < 1.29 is 4.79 Å². The van der Waals surface area contributed by atoms with Gasteiger partial charge in [-0.3, -0.25) is 4.79 Å². The monoisotopic (exact) mass is 122 g/mol. The van der Waals surface area contributed by atoms with Crippen molar-refractivity contribution in [1.82, 2.24) is 0 Å². The first kappa shape index (κ1) is 6.35. The molecule has 0 spiro atoms. The molecular weight excluding hydrogens is 112 g/mol. The lowest BCUT2D eigenvalue weighted by molar-refractivity contribution is -0.120. The molecule has 0 aromatic heterocycles. The first-order chi connectivity index (χ1) is 4.33. The third kappa shape index (κ3) is 1.57. The Labute approximate surface area is 55.4 Å². The molecule has 1 aliphatic rings. The van der Waals surface area contributed by atoms with Crippen LogP contribution in [0.15, 0.2) is 0 Å². The molecule has 1 fully saturated rings. The highest BCUT2D eigenvalue weighted by molar-refractivity contribution is 5.79. The molecule has 0 N–H and O–H groups in total. The third-order valence-corrected chi connectivity index (χ3v) is 1.78. The van der Waals surface area contributed by atoms with E-state index in [1.54, 1.807) is 0 Å². The second-order valence-corrected chi connectivity index (χ2v) is 2.48. The van der Waals surface area contributed by atoms with Gasteiger partial charge < -0.3 is 0 Å². The van der Waals surface area contributed by atoms with Crippen molar-refractivity contribution >= 4 is 5.78 Å². The lowest BCUT2D eigenvalue weighted by atomic mass is 9.89. The molecule has 0 saturated heterocycles. The van der Waals surface area contributed by atoms with Crippen molar-refractivity contribution in [3.63, 3.8) is 0 Å². The van der Waals surface area contributed by atoms with Crippen LogP contribution in [0.25, 0.3) is 0 Å².